The minimum Gasteiger partial charge on any atom is -0.272 e. The molecule has 0 spiro atoms. The number of carbonyl (C=O) groups is 1. The topological polar surface area (TPSA) is 42.3 Å². The van der Waals surface area contributed by atoms with Crippen molar-refractivity contribution in [3.05, 3.63) is 28.5 Å². The van der Waals surface area contributed by atoms with E-state index in [1.54, 1.807) is 12.3 Å². The van der Waals surface area contributed by atoms with Crippen LogP contribution in [0.1, 0.15) is 26.5 Å². The minimum atomic E-state index is -0.439. The molecule has 0 radical (unpaired) electrons. The van der Waals surface area contributed by atoms with Gasteiger partial charge in [-0.05, 0) is 28.1 Å². The van der Waals surface area contributed by atoms with Crippen molar-refractivity contribution in [2.24, 2.45) is 10.4 Å². The van der Waals surface area contributed by atoms with Crippen LogP contribution in [0.5, 0.6) is 0 Å². The number of halogens is 1. The zero-order chi connectivity index (χ0) is 11.5. The van der Waals surface area contributed by atoms with E-state index >= 15 is 0 Å². The molecule has 0 N–H and O–H groups in total. The monoisotopic (exact) mass is 268 g/mol. The van der Waals surface area contributed by atoms with E-state index in [0.717, 1.165) is 4.47 Å². The second kappa shape index (κ2) is 4.66. The van der Waals surface area contributed by atoms with Crippen molar-refractivity contribution in [1.82, 2.24) is 4.98 Å². The Hall–Kier alpha value is -1.03. The van der Waals surface area contributed by atoms with Crippen LogP contribution in [0, 0.1) is 5.41 Å². The van der Waals surface area contributed by atoms with Crippen molar-refractivity contribution >= 4 is 28.1 Å². The molecule has 0 fully saturated rings. The van der Waals surface area contributed by atoms with Crippen molar-refractivity contribution in [1.29, 1.82) is 0 Å². The number of nitrogens with zero attached hydrogens (tertiary/aromatic N) is 2. The van der Waals surface area contributed by atoms with Crippen LogP contribution in [0.15, 0.2) is 27.8 Å². The average molecular weight is 269 g/mol. The van der Waals surface area contributed by atoms with E-state index in [2.05, 4.69) is 25.9 Å². The molecule has 0 saturated heterocycles. The highest BCUT2D eigenvalue weighted by atomic mass is 79.9. The largest absolute Gasteiger partial charge is 0.272 e. The summed E-state index contributed by atoms with van der Waals surface area (Å²) in [5.74, 6) is -0.146. The van der Waals surface area contributed by atoms with Crippen molar-refractivity contribution in [2.45, 2.75) is 20.8 Å². The van der Waals surface area contributed by atoms with E-state index in [4.69, 9.17) is 0 Å². The van der Waals surface area contributed by atoms with Gasteiger partial charge in [-0.3, -0.25) is 9.78 Å². The van der Waals surface area contributed by atoms with Crippen LogP contribution in [-0.2, 0) is 4.79 Å². The average Bonchev–Trinajstić information content (AvgIpc) is 2.15. The lowest BCUT2D eigenvalue weighted by molar-refractivity contribution is -0.124. The van der Waals surface area contributed by atoms with Gasteiger partial charge in [0.05, 0.1) is 11.9 Å². The van der Waals surface area contributed by atoms with E-state index in [9.17, 15) is 4.79 Å². The number of amides is 1. The third-order valence-corrected chi connectivity index (χ3v) is 2.18. The van der Waals surface area contributed by atoms with E-state index < -0.39 is 5.41 Å². The highest BCUT2D eigenvalue weighted by Gasteiger charge is 2.19. The van der Waals surface area contributed by atoms with Crippen molar-refractivity contribution in [3.8, 4) is 0 Å². The summed E-state index contributed by atoms with van der Waals surface area (Å²) in [5, 5.41) is 0. The molecule has 1 aromatic rings. The van der Waals surface area contributed by atoms with Gasteiger partial charge in [-0.2, -0.15) is 0 Å². The molecule has 0 bridgehead atoms. The second-order valence-electron chi connectivity index (χ2n) is 4.21. The third kappa shape index (κ3) is 3.91. The Morgan fingerprint density at radius 3 is 2.60 bits per heavy atom. The quantitative estimate of drug-likeness (QED) is 0.736. The molecule has 0 aliphatic carbocycles. The highest BCUT2D eigenvalue weighted by molar-refractivity contribution is 9.10. The Balaban J connectivity index is 2.74. The maximum Gasteiger partial charge on any atom is 0.251 e. The number of aliphatic imine (C=N–C) groups is 1. The molecule has 1 heterocycles. The molecule has 0 unspecified atom stereocenters. The predicted octanol–water partition coefficient (Wildman–Crippen LogP) is 2.84. The minimum absolute atomic E-state index is 0.146. The molecule has 4 heteroatoms. The fraction of sp³-hybridized carbons (Fsp3) is 0.364. The molecule has 0 aliphatic rings. The third-order valence-electron chi connectivity index (χ3n) is 1.71. The molecule has 1 rings (SSSR count). The molecule has 0 atom stereocenters. The molecule has 1 aromatic heterocycles. The van der Waals surface area contributed by atoms with E-state index in [1.807, 2.05) is 26.8 Å². The Morgan fingerprint density at radius 1 is 1.47 bits per heavy atom. The number of rotatable bonds is 1. The van der Waals surface area contributed by atoms with E-state index in [-0.39, 0.29) is 5.91 Å². The van der Waals surface area contributed by atoms with Gasteiger partial charge in [0.1, 0.15) is 0 Å². The van der Waals surface area contributed by atoms with Crippen molar-refractivity contribution in [2.75, 3.05) is 0 Å². The molecule has 1 amide bonds. The van der Waals surface area contributed by atoms with E-state index in [1.165, 1.54) is 6.21 Å². The zero-order valence-electron chi connectivity index (χ0n) is 8.99. The standard InChI is InChI=1S/C11H13BrN2O/c1-11(2,3)10(15)14-7-9-5-4-8(12)6-13-9/h4-7H,1-3H3. The fourth-order valence-electron chi connectivity index (χ4n) is 0.782. The number of aromatic nitrogens is 1. The van der Waals surface area contributed by atoms with Gasteiger partial charge in [0.15, 0.2) is 0 Å². The Labute approximate surface area is 97.8 Å². The zero-order valence-corrected chi connectivity index (χ0v) is 10.6. The first-order valence-corrected chi connectivity index (χ1v) is 5.39. The highest BCUT2D eigenvalue weighted by Crippen LogP contribution is 2.14. The lowest BCUT2D eigenvalue weighted by atomic mass is 9.96. The maximum atomic E-state index is 11.5. The van der Waals surface area contributed by atoms with Crippen LogP contribution in [0.25, 0.3) is 0 Å². The Kier molecular flexibility index (Phi) is 3.74. The number of hydrogen-bond acceptors (Lipinski definition) is 2. The summed E-state index contributed by atoms with van der Waals surface area (Å²) in [6, 6.07) is 3.65. The molecule has 0 saturated carbocycles. The van der Waals surface area contributed by atoms with Crippen LogP contribution < -0.4 is 0 Å². The summed E-state index contributed by atoms with van der Waals surface area (Å²) in [5.41, 5.74) is 0.238. The first kappa shape index (κ1) is 12.0. The first-order chi connectivity index (χ1) is 6.89. The van der Waals surface area contributed by atoms with Crippen LogP contribution in [-0.4, -0.2) is 17.1 Å². The summed E-state index contributed by atoms with van der Waals surface area (Å²) >= 11 is 3.28. The normalized spacial score (nSPS) is 12.0. The van der Waals surface area contributed by atoms with Gasteiger partial charge in [-0.15, -0.1) is 0 Å². The fourth-order valence-corrected chi connectivity index (χ4v) is 1.02. The second-order valence-corrected chi connectivity index (χ2v) is 5.13. The number of carbonyl (C=O) groups excluding carboxylic acids is 1. The van der Waals surface area contributed by atoms with Crippen LogP contribution in [0.3, 0.4) is 0 Å². The molecule has 0 aliphatic heterocycles. The van der Waals surface area contributed by atoms with Crippen molar-refractivity contribution < 1.29 is 4.79 Å². The summed E-state index contributed by atoms with van der Waals surface area (Å²) in [7, 11) is 0. The van der Waals surface area contributed by atoms with Crippen molar-refractivity contribution in [3.63, 3.8) is 0 Å². The summed E-state index contributed by atoms with van der Waals surface area (Å²) in [6.45, 7) is 5.51. The van der Waals surface area contributed by atoms with Gasteiger partial charge in [-0.1, -0.05) is 20.8 Å². The van der Waals surface area contributed by atoms with Gasteiger partial charge < -0.3 is 0 Å². The number of pyridine rings is 1. The summed E-state index contributed by atoms with van der Waals surface area (Å²) < 4.78 is 0.904. The molecule has 0 aromatic carbocycles. The van der Waals surface area contributed by atoms with Gasteiger partial charge in [0.25, 0.3) is 5.91 Å². The number of hydrogen-bond donors (Lipinski definition) is 0. The molecular formula is C11H13BrN2O. The maximum absolute atomic E-state index is 11.5. The molecule has 3 nitrogen and oxygen atoms in total. The van der Waals surface area contributed by atoms with Gasteiger partial charge in [0.2, 0.25) is 0 Å². The SMILES string of the molecule is CC(C)(C)C(=O)N=Cc1ccc(Br)cn1. The van der Waals surface area contributed by atoms with Gasteiger partial charge in [0, 0.05) is 16.1 Å². The van der Waals surface area contributed by atoms with Gasteiger partial charge in [-0.25, -0.2) is 4.99 Å². The van der Waals surface area contributed by atoms with Crippen LogP contribution in [0.4, 0.5) is 0 Å². The first-order valence-electron chi connectivity index (χ1n) is 4.59. The predicted molar refractivity (Wildman–Crippen MR) is 64.0 cm³/mol. The Bertz CT molecular complexity index is 377. The summed E-state index contributed by atoms with van der Waals surface area (Å²) in [6.07, 6.45) is 3.16. The molecule has 80 valence electrons. The van der Waals surface area contributed by atoms with Gasteiger partial charge >= 0.3 is 0 Å². The molecular weight excluding hydrogens is 256 g/mol. The summed E-state index contributed by atoms with van der Waals surface area (Å²) in [4.78, 5) is 19.4. The van der Waals surface area contributed by atoms with E-state index in [0.29, 0.717) is 5.69 Å². The lowest BCUT2D eigenvalue weighted by Crippen LogP contribution is -2.17. The van der Waals surface area contributed by atoms with Crippen LogP contribution in [0.2, 0.25) is 0 Å². The smallest absolute Gasteiger partial charge is 0.251 e. The Morgan fingerprint density at radius 2 is 2.13 bits per heavy atom. The van der Waals surface area contributed by atoms with Crippen LogP contribution >= 0.6 is 15.9 Å². The lowest BCUT2D eigenvalue weighted by Gasteiger charge is -2.11. The molecule has 15 heavy (non-hydrogen) atoms.